The summed E-state index contributed by atoms with van der Waals surface area (Å²) in [7, 11) is 0. The van der Waals surface area contributed by atoms with Crippen LogP contribution in [-0.2, 0) is 0 Å². The quantitative estimate of drug-likeness (QED) is 0.419. The van der Waals surface area contributed by atoms with Crippen molar-refractivity contribution in [3.63, 3.8) is 0 Å². The second kappa shape index (κ2) is 8.30. The average Bonchev–Trinajstić information content (AvgIpc) is 3.17. The Morgan fingerprint density at radius 3 is 2.43 bits per heavy atom. The van der Waals surface area contributed by atoms with E-state index in [0.29, 0.717) is 21.6 Å². The van der Waals surface area contributed by atoms with Crippen LogP contribution in [0, 0.1) is 13.8 Å². The number of amides is 1. The van der Waals surface area contributed by atoms with Gasteiger partial charge in [-0.05, 0) is 43.7 Å². The molecule has 1 N–H and O–H groups in total. The lowest BCUT2D eigenvalue weighted by Gasteiger charge is -2.09. The molecule has 150 valence electrons. The van der Waals surface area contributed by atoms with Gasteiger partial charge in [0.25, 0.3) is 5.91 Å². The summed E-state index contributed by atoms with van der Waals surface area (Å²) in [6.07, 6.45) is 0. The Morgan fingerprint density at radius 1 is 0.967 bits per heavy atom. The van der Waals surface area contributed by atoms with E-state index in [1.807, 2.05) is 50.2 Å². The molecule has 4 aromatic rings. The number of aryl methyl sites for hydroxylation is 2. The van der Waals surface area contributed by atoms with E-state index in [0.717, 1.165) is 22.4 Å². The summed E-state index contributed by atoms with van der Waals surface area (Å²) in [6, 6.07) is 20.4. The Morgan fingerprint density at radius 2 is 1.70 bits per heavy atom. The highest BCUT2D eigenvalue weighted by Crippen LogP contribution is 2.26. The van der Waals surface area contributed by atoms with Crippen LogP contribution in [-0.4, -0.2) is 20.7 Å². The second-order valence-corrected chi connectivity index (χ2v) is 7.75. The first-order valence-corrected chi connectivity index (χ1v) is 10.0. The average molecular weight is 437 g/mol. The van der Waals surface area contributed by atoms with Crippen LogP contribution in [0.5, 0.6) is 0 Å². The van der Waals surface area contributed by atoms with Crippen molar-refractivity contribution in [2.45, 2.75) is 13.8 Å². The molecule has 7 heteroatoms. The summed E-state index contributed by atoms with van der Waals surface area (Å²) in [5, 5.41) is 8.28. The number of nitrogens with one attached hydrogen (secondary N) is 1. The van der Waals surface area contributed by atoms with Crippen LogP contribution in [0.25, 0.3) is 17.1 Å². The molecule has 0 radical (unpaired) electrons. The van der Waals surface area contributed by atoms with Gasteiger partial charge in [-0.15, -0.1) is 5.10 Å². The van der Waals surface area contributed by atoms with Crippen LogP contribution in [0.1, 0.15) is 21.7 Å². The molecule has 30 heavy (non-hydrogen) atoms. The van der Waals surface area contributed by atoms with Gasteiger partial charge in [-0.3, -0.25) is 4.79 Å². The molecular formula is C23H18Cl2N4O. The van der Waals surface area contributed by atoms with E-state index in [4.69, 9.17) is 23.2 Å². The summed E-state index contributed by atoms with van der Waals surface area (Å²) in [4.78, 5) is 17.4. The van der Waals surface area contributed by atoms with Crippen molar-refractivity contribution in [2.24, 2.45) is 0 Å². The monoisotopic (exact) mass is 436 g/mol. The minimum Gasteiger partial charge on any atom is -0.318 e. The van der Waals surface area contributed by atoms with Crippen molar-refractivity contribution >= 4 is 34.8 Å². The molecule has 0 aliphatic carbocycles. The molecule has 1 heterocycles. The van der Waals surface area contributed by atoms with Gasteiger partial charge in [-0.25, -0.2) is 9.67 Å². The first kappa shape index (κ1) is 20.1. The standard InChI is InChI=1S/C23H18Cl2N4O/c1-14-7-10-16(11-8-14)22-27-21(23(30)26-19-6-4-3-5-18(19)25)28-29(22)20-13-17(24)12-9-15(20)2/h3-13H,1-2H3,(H,26,30). The number of hydrogen-bond donors (Lipinski definition) is 1. The Labute approximate surface area is 184 Å². The maximum Gasteiger partial charge on any atom is 0.295 e. The maximum atomic E-state index is 12.9. The molecule has 4 rings (SSSR count). The minimum absolute atomic E-state index is 0.0323. The zero-order chi connectivity index (χ0) is 21.3. The summed E-state index contributed by atoms with van der Waals surface area (Å²) in [6.45, 7) is 3.97. The third kappa shape index (κ3) is 4.08. The lowest BCUT2D eigenvalue weighted by atomic mass is 10.1. The molecule has 0 atom stereocenters. The molecule has 0 saturated carbocycles. The summed E-state index contributed by atoms with van der Waals surface area (Å²) in [5.41, 5.74) is 4.17. The number of benzene rings is 3. The van der Waals surface area contributed by atoms with Gasteiger partial charge in [0, 0.05) is 10.6 Å². The van der Waals surface area contributed by atoms with Crippen molar-refractivity contribution in [1.82, 2.24) is 14.8 Å². The van der Waals surface area contributed by atoms with Gasteiger partial charge in [-0.1, -0.05) is 71.2 Å². The zero-order valence-corrected chi connectivity index (χ0v) is 17.9. The van der Waals surface area contributed by atoms with Crippen molar-refractivity contribution in [3.8, 4) is 17.1 Å². The number of hydrogen-bond acceptors (Lipinski definition) is 3. The first-order chi connectivity index (χ1) is 14.4. The lowest BCUT2D eigenvalue weighted by molar-refractivity contribution is 0.101. The summed E-state index contributed by atoms with van der Waals surface area (Å²) >= 11 is 12.4. The van der Waals surface area contributed by atoms with E-state index in [1.54, 1.807) is 35.0 Å². The number of aromatic nitrogens is 3. The van der Waals surface area contributed by atoms with Crippen LogP contribution in [0.4, 0.5) is 5.69 Å². The molecule has 0 aliphatic rings. The number of para-hydroxylation sites is 1. The predicted octanol–water partition coefficient (Wildman–Crippen LogP) is 6.11. The largest absolute Gasteiger partial charge is 0.318 e. The van der Waals surface area contributed by atoms with Gasteiger partial charge in [0.05, 0.1) is 16.4 Å². The highest BCUT2D eigenvalue weighted by Gasteiger charge is 2.20. The fraction of sp³-hybridized carbons (Fsp3) is 0.0870. The fourth-order valence-electron chi connectivity index (χ4n) is 3.02. The van der Waals surface area contributed by atoms with Crippen molar-refractivity contribution in [3.05, 3.63) is 93.7 Å². The molecule has 1 aromatic heterocycles. The van der Waals surface area contributed by atoms with E-state index in [9.17, 15) is 4.79 Å². The molecule has 0 saturated heterocycles. The molecule has 0 aliphatic heterocycles. The van der Waals surface area contributed by atoms with Gasteiger partial charge in [0.15, 0.2) is 5.82 Å². The van der Waals surface area contributed by atoms with E-state index in [-0.39, 0.29) is 5.82 Å². The van der Waals surface area contributed by atoms with Gasteiger partial charge in [-0.2, -0.15) is 0 Å². The number of anilines is 1. The Hall–Kier alpha value is -3.15. The van der Waals surface area contributed by atoms with Gasteiger partial charge >= 0.3 is 0 Å². The smallest absolute Gasteiger partial charge is 0.295 e. The van der Waals surface area contributed by atoms with E-state index in [1.165, 1.54) is 0 Å². The first-order valence-electron chi connectivity index (χ1n) is 9.29. The number of rotatable bonds is 4. The van der Waals surface area contributed by atoms with Gasteiger partial charge in [0.1, 0.15) is 0 Å². The zero-order valence-electron chi connectivity index (χ0n) is 16.4. The molecule has 1 amide bonds. The van der Waals surface area contributed by atoms with Crippen molar-refractivity contribution in [2.75, 3.05) is 5.32 Å². The number of halogens is 2. The molecular weight excluding hydrogens is 419 g/mol. The summed E-state index contributed by atoms with van der Waals surface area (Å²) in [5.74, 6) is 0.129. The second-order valence-electron chi connectivity index (χ2n) is 6.90. The van der Waals surface area contributed by atoms with Crippen LogP contribution in [0.2, 0.25) is 10.0 Å². The van der Waals surface area contributed by atoms with Crippen molar-refractivity contribution < 1.29 is 4.79 Å². The number of carbonyl (C=O) groups excluding carboxylic acids is 1. The van der Waals surface area contributed by atoms with Crippen LogP contribution in [0.15, 0.2) is 66.7 Å². The van der Waals surface area contributed by atoms with E-state index >= 15 is 0 Å². The molecule has 0 fully saturated rings. The minimum atomic E-state index is -0.449. The number of nitrogens with zero attached hydrogens (tertiary/aromatic N) is 3. The lowest BCUT2D eigenvalue weighted by Crippen LogP contribution is -2.14. The Kier molecular flexibility index (Phi) is 5.57. The third-order valence-corrected chi connectivity index (χ3v) is 5.21. The van der Waals surface area contributed by atoms with Crippen molar-refractivity contribution in [1.29, 1.82) is 0 Å². The maximum absolute atomic E-state index is 12.9. The van der Waals surface area contributed by atoms with Gasteiger partial charge in [0.2, 0.25) is 5.82 Å². The normalized spacial score (nSPS) is 10.8. The van der Waals surface area contributed by atoms with E-state index in [2.05, 4.69) is 15.4 Å². The number of carbonyl (C=O) groups is 1. The molecule has 0 bridgehead atoms. The topological polar surface area (TPSA) is 59.8 Å². The molecule has 0 unspecified atom stereocenters. The van der Waals surface area contributed by atoms with Crippen LogP contribution < -0.4 is 5.32 Å². The highest BCUT2D eigenvalue weighted by molar-refractivity contribution is 6.33. The molecule has 5 nitrogen and oxygen atoms in total. The Bertz CT molecular complexity index is 1230. The molecule has 0 spiro atoms. The molecule has 3 aromatic carbocycles. The third-order valence-electron chi connectivity index (χ3n) is 4.64. The van der Waals surface area contributed by atoms with Crippen LogP contribution >= 0.6 is 23.2 Å². The fourth-order valence-corrected chi connectivity index (χ4v) is 3.37. The highest BCUT2D eigenvalue weighted by atomic mass is 35.5. The van der Waals surface area contributed by atoms with E-state index < -0.39 is 5.91 Å². The van der Waals surface area contributed by atoms with Gasteiger partial charge < -0.3 is 5.32 Å². The predicted molar refractivity (Wildman–Crippen MR) is 121 cm³/mol. The van der Waals surface area contributed by atoms with Crippen LogP contribution in [0.3, 0.4) is 0 Å². The summed E-state index contributed by atoms with van der Waals surface area (Å²) < 4.78 is 1.65. The Balaban J connectivity index is 1.81. The SMILES string of the molecule is Cc1ccc(-c2nc(C(=O)Nc3ccccc3Cl)nn2-c2cc(Cl)ccc2C)cc1.